The number of rotatable bonds is 6. The number of hydrogen-bond donors (Lipinski definition) is 0. The first-order chi connectivity index (χ1) is 25.8. The average molecular weight is 680 g/mol. The van der Waals surface area contributed by atoms with E-state index < -0.39 is 0 Å². The normalized spacial score (nSPS) is 11.5. The Morgan fingerprint density at radius 1 is 0.346 bits per heavy atom. The molecule has 2 heteroatoms. The van der Waals surface area contributed by atoms with Crippen LogP contribution in [0.25, 0.3) is 75.1 Å². The molecule has 9 aromatic carbocycles. The summed E-state index contributed by atoms with van der Waals surface area (Å²) in [7, 11) is 0. The van der Waals surface area contributed by atoms with Crippen molar-refractivity contribution in [1.82, 2.24) is 0 Å². The minimum absolute atomic E-state index is 1.11. The monoisotopic (exact) mass is 679 g/mol. The molecule has 0 fully saturated rings. The van der Waals surface area contributed by atoms with Crippen LogP contribution in [0.4, 0.5) is 17.1 Å². The van der Waals surface area contributed by atoms with E-state index in [0.717, 1.165) is 17.1 Å². The maximum absolute atomic E-state index is 2.41. The Kier molecular flexibility index (Phi) is 7.41. The molecular weight excluding hydrogens is 647 g/mol. The molecule has 0 unspecified atom stereocenters. The Morgan fingerprint density at radius 3 is 1.69 bits per heavy atom. The predicted octanol–water partition coefficient (Wildman–Crippen LogP) is 14.8. The second-order valence-electron chi connectivity index (χ2n) is 13.3. The summed E-state index contributed by atoms with van der Waals surface area (Å²) in [5.74, 6) is 0. The number of nitrogens with zero attached hydrogens (tertiary/aromatic N) is 1. The minimum Gasteiger partial charge on any atom is -0.310 e. The van der Waals surface area contributed by atoms with E-state index in [2.05, 4.69) is 205 Å². The lowest BCUT2D eigenvalue weighted by molar-refractivity contribution is 1.28. The number of benzene rings is 9. The fraction of sp³-hybridized carbons (Fsp3) is 0. The SMILES string of the molecule is c1ccc(-c2ccc(N(c3ccc(-c4cc5ccccc5c5c4sc4ccccc45)cc3)c3ccccc3-c3cccc4ccccc34)cc2)cc1. The van der Waals surface area contributed by atoms with Crippen LogP contribution in [0.2, 0.25) is 0 Å². The van der Waals surface area contributed by atoms with Crippen LogP contribution in [0.5, 0.6) is 0 Å². The highest BCUT2D eigenvalue weighted by atomic mass is 32.1. The van der Waals surface area contributed by atoms with Gasteiger partial charge >= 0.3 is 0 Å². The molecule has 0 radical (unpaired) electrons. The van der Waals surface area contributed by atoms with Gasteiger partial charge in [0.05, 0.1) is 5.69 Å². The van der Waals surface area contributed by atoms with Gasteiger partial charge in [-0.05, 0) is 86.3 Å². The summed E-state index contributed by atoms with van der Waals surface area (Å²) in [5.41, 5.74) is 10.7. The predicted molar refractivity (Wildman–Crippen MR) is 225 cm³/mol. The molecule has 0 saturated carbocycles. The maximum atomic E-state index is 2.41. The van der Waals surface area contributed by atoms with Crippen molar-refractivity contribution in [2.45, 2.75) is 0 Å². The van der Waals surface area contributed by atoms with E-state index in [-0.39, 0.29) is 0 Å². The maximum Gasteiger partial charge on any atom is 0.0540 e. The summed E-state index contributed by atoms with van der Waals surface area (Å²) < 4.78 is 2.66. The Hall–Kier alpha value is -6.48. The van der Waals surface area contributed by atoms with Crippen LogP contribution in [0.3, 0.4) is 0 Å². The number of para-hydroxylation sites is 1. The zero-order valence-electron chi connectivity index (χ0n) is 28.4. The van der Waals surface area contributed by atoms with Crippen molar-refractivity contribution in [3.63, 3.8) is 0 Å². The van der Waals surface area contributed by atoms with Crippen molar-refractivity contribution in [2.24, 2.45) is 0 Å². The molecule has 52 heavy (non-hydrogen) atoms. The highest BCUT2D eigenvalue weighted by Gasteiger charge is 2.20. The third kappa shape index (κ3) is 5.16. The lowest BCUT2D eigenvalue weighted by Crippen LogP contribution is -2.11. The van der Waals surface area contributed by atoms with E-state index in [4.69, 9.17) is 0 Å². The van der Waals surface area contributed by atoms with Crippen LogP contribution in [0.15, 0.2) is 200 Å². The molecular formula is C50H33NS. The molecule has 0 aliphatic heterocycles. The number of anilines is 3. The molecule has 0 spiro atoms. The van der Waals surface area contributed by atoms with E-state index >= 15 is 0 Å². The fourth-order valence-corrected chi connectivity index (χ4v) is 9.05. The second-order valence-corrected chi connectivity index (χ2v) is 14.3. The van der Waals surface area contributed by atoms with Gasteiger partial charge in [-0.1, -0.05) is 158 Å². The lowest BCUT2D eigenvalue weighted by atomic mass is 9.95. The molecule has 1 aromatic heterocycles. The Labute approximate surface area is 307 Å². The number of hydrogen-bond acceptors (Lipinski definition) is 2. The van der Waals surface area contributed by atoms with Crippen molar-refractivity contribution < 1.29 is 0 Å². The fourth-order valence-electron chi connectivity index (χ4n) is 7.80. The summed E-state index contributed by atoms with van der Waals surface area (Å²) in [5, 5.41) is 7.73. The van der Waals surface area contributed by atoms with E-state index in [1.807, 2.05) is 11.3 Å². The highest BCUT2D eigenvalue weighted by Crippen LogP contribution is 2.46. The molecule has 10 aromatic rings. The first-order valence-electron chi connectivity index (χ1n) is 17.8. The van der Waals surface area contributed by atoms with Gasteiger partial charge in [0.2, 0.25) is 0 Å². The zero-order valence-corrected chi connectivity index (χ0v) is 29.2. The third-order valence-corrected chi connectivity index (χ3v) is 11.5. The molecule has 0 aliphatic rings. The smallest absolute Gasteiger partial charge is 0.0540 e. The van der Waals surface area contributed by atoms with Crippen LogP contribution in [-0.4, -0.2) is 0 Å². The van der Waals surface area contributed by atoms with Crippen molar-refractivity contribution in [1.29, 1.82) is 0 Å². The van der Waals surface area contributed by atoms with Gasteiger partial charge in [-0.15, -0.1) is 11.3 Å². The summed E-state index contributed by atoms with van der Waals surface area (Å²) in [4.78, 5) is 2.41. The number of thiophene rings is 1. The molecule has 0 aliphatic carbocycles. The van der Waals surface area contributed by atoms with Gasteiger partial charge in [0.25, 0.3) is 0 Å². The van der Waals surface area contributed by atoms with Gasteiger partial charge in [0.1, 0.15) is 0 Å². The van der Waals surface area contributed by atoms with Crippen molar-refractivity contribution in [3.05, 3.63) is 200 Å². The van der Waals surface area contributed by atoms with E-state index in [1.165, 1.54) is 75.1 Å². The van der Waals surface area contributed by atoms with E-state index in [9.17, 15) is 0 Å². The quantitative estimate of drug-likeness (QED) is 0.169. The minimum atomic E-state index is 1.11. The van der Waals surface area contributed by atoms with Gasteiger partial charge in [-0.3, -0.25) is 0 Å². The topological polar surface area (TPSA) is 3.24 Å². The molecule has 0 N–H and O–H groups in total. The highest BCUT2D eigenvalue weighted by molar-refractivity contribution is 7.26. The van der Waals surface area contributed by atoms with Crippen molar-refractivity contribution >= 4 is 70.1 Å². The first-order valence-corrected chi connectivity index (χ1v) is 18.6. The molecule has 0 bridgehead atoms. The van der Waals surface area contributed by atoms with Crippen molar-refractivity contribution in [3.8, 4) is 33.4 Å². The van der Waals surface area contributed by atoms with E-state index in [1.54, 1.807) is 0 Å². The molecule has 244 valence electrons. The second kappa shape index (κ2) is 12.7. The van der Waals surface area contributed by atoms with Gasteiger partial charge in [0, 0.05) is 42.7 Å². The van der Waals surface area contributed by atoms with Crippen LogP contribution in [-0.2, 0) is 0 Å². The largest absolute Gasteiger partial charge is 0.310 e. The summed E-state index contributed by atoms with van der Waals surface area (Å²) in [6.45, 7) is 0. The zero-order chi connectivity index (χ0) is 34.4. The third-order valence-electron chi connectivity index (χ3n) is 10.3. The van der Waals surface area contributed by atoms with Gasteiger partial charge < -0.3 is 4.90 Å². The molecule has 10 rings (SSSR count). The lowest BCUT2D eigenvalue weighted by Gasteiger charge is -2.28. The van der Waals surface area contributed by atoms with Crippen LogP contribution in [0, 0.1) is 0 Å². The molecule has 1 nitrogen and oxygen atoms in total. The Bertz CT molecular complexity index is 2880. The van der Waals surface area contributed by atoms with Gasteiger partial charge in [-0.2, -0.15) is 0 Å². The van der Waals surface area contributed by atoms with Gasteiger partial charge in [-0.25, -0.2) is 0 Å². The molecule has 1 heterocycles. The van der Waals surface area contributed by atoms with Crippen molar-refractivity contribution in [2.75, 3.05) is 4.90 Å². The number of fused-ring (bicyclic) bond motifs is 6. The van der Waals surface area contributed by atoms with Crippen LogP contribution in [0.1, 0.15) is 0 Å². The van der Waals surface area contributed by atoms with Gasteiger partial charge in [0.15, 0.2) is 0 Å². The molecule has 0 amide bonds. The standard InChI is InChI=1S/C50H33NS/c1-2-13-34(14-3-1)35-25-29-39(30-26-35)51(47-23-10-8-20-44(47)43-22-12-17-36-15-4-6-18-41(36)43)40-31-27-37(28-32-40)46-33-38-16-5-7-19-42(38)49-45-21-9-11-24-48(45)52-50(46)49/h1-33H. The van der Waals surface area contributed by atoms with E-state index in [0.29, 0.717) is 0 Å². The summed E-state index contributed by atoms with van der Waals surface area (Å²) in [6, 6.07) is 72.8. The first kappa shape index (κ1) is 30.4. The Balaban J connectivity index is 1.15. The molecule has 0 saturated heterocycles. The molecule has 0 atom stereocenters. The van der Waals surface area contributed by atoms with Crippen LogP contribution >= 0.6 is 11.3 Å². The Morgan fingerprint density at radius 2 is 0.904 bits per heavy atom. The summed E-state index contributed by atoms with van der Waals surface area (Å²) in [6.07, 6.45) is 0. The average Bonchev–Trinajstić information content (AvgIpc) is 3.62. The summed E-state index contributed by atoms with van der Waals surface area (Å²) >= 11 is 1.89. The van der Waals surface area contributed by atoms with Crippen LogP contribution < -0.4 is 4.90 Å².